The van der Waals surface area contributed by atoms with E-state index in [1.165, 1.54) is 22.6 Å². The van der Waals surface area contributed by atoms with Gasteiger partial charge in [0.2, 0.25) is 0 Å². The van der Waals surface area contributed by atoms with E-state index in [-0.39, 0.29) is 17.8 Å². The molecule has 2 heterocycles. The second kappa shape index (κ2) is 9.44. The molecule has 0 radical (unpaired) electrons. The molecule has 0 saturated carbocycles. The first-order valence-corrected chi connectivity index (χ1v) is 10.3. The number of nitrogens with one attached hydrogen (secondary N) is 1. The van der Waals surface area contributed by atoms with Crippen molar-refractivity contribution < 1.29 is 13.9 Å². The standard InChI is InChI=1S/C21H27FN2O2S/c1-3-4-17-13-20(27-15(17)2)21(25)23-14-19(24-9-11-26-12-10-24)16-5-7-18(22)8-6-16/h5-8,13,19H,3-4,9-12,14H2,1-2H3,(H,23,25). The van der Waals surface area contributed by atoms with Gasteiger partial charge in [0.05, 0.1) is 24.1 Å². The minimum absolute atomic E-state index is 0.00891. The maximum atomic E-state index is 13.3. The molecule has 1 atom stereocenters. The molecule has 1 aromatic carbocycles. The summed E-state index contributed by atoms with van der Waals surface area (Å²) in [6.45, 7) is 7.66. The van der Waals surface area contributed by atoms with Gasteiger partial charge in [-0.3, -0.25) is 9.69 Å². The van der Waals surface area contributed by atoms with Crippen molar-refractivity contribution in [3.05, 3.63) is 57.0 Å². The average Bonchev–Trinajstić information content (AvgIpc) is 3.05. The summed E-state index contributed by atoms with van der Waals surface area (Å²) in [4.78, 5) is 16.9. The number of carbonyl (C=O) groups is 1. The lowest BCUT2D eigenvalue weighted by molar-refractivity contribution is 0.0162. The summed E-state index contributed by atoms with van der Waals surface area (Å²) in [6.07, 6.45) is 2.07. The number of amides is 1. The molecule has 1 aliphatic rings. The highest BCUT2D eigenvalue weighted by molar-refractivity contribution is 7.14. The zero-order chi connectivity index (χ0) is 19.2. The Labute approximate surface area is 164 Å². The number of rotatable bonds is 7. The molecule has 1 N–H and O–H groups in total. The predicted molar refractivity (Wildman–Crippen MR) is 107 cm³/mol. The van der Waals surface area contributed by atoms with Gasteiger partial charge in [-0.2, -0.15) is 0 Å². The number of thiophene rings is 1. The van der Waals surface area contributed by atoms with Crippen molar-refractivity contribution in [2.24, 2.45) is 0 Å². The molecule has 1 amide bonds. The topological polar surface area (TPSA) is 41.6 Å². The number of nitrogens with zero attached hydrogens (tertiary/aromatic N) is 1. The van der Waals surface area contributed by atoms with Gasteiger partial charge in [-0.1, -0.05) is 25.5 Å². The molecule has 1 saturated heterocycles. The third kappa shape index (κ3) is 5.15. The third-order valence-corrected chi connectivity index (χ3v) is 6.05. The van der Waals surface area contributed by atoms with Gasteiger partial charge in [0.25, 0.3) is 5.91 Å². The van der Waals surface area contributed by atoms with Gasteiger partial charge in [0.15, 0.2) is 0 Å². The fourth-order valence-electron chi connectivity index (χ4n) is 3.46. The van der Waals surface area contributed by atoms with E-state index in [9.17, 15) is 9.18 Å². The van der Waals surface area contributed by atoms with Gasteiger partial charge < -0.3 is 10.1 Å². The zero-order valence-corrected chi connectivity index (χ0v) is 16.8. The van der Waals surface area contributed by atoms with E-state index in [0.717, 1.165) is 36.4 Å². The zero-order valence-electron chi connectivity index (χ0n) is 16.0. The van der Waals surface area contributed by atoms with Crippen LogP contribution in [0, 0.1) is 12.7 Å². The van der Waals surface area contributed by atoms with Crippen LogP contribution in [0.1, 0.15) is 45.1 Å². The van der Waals surface area contributed by atoms with Crippen molar-refractivity contribution in [3.8, 4) is 0 Å². The van der Waals surface area contributed by atoms with Gasteiger partial charge in [0.1, 0.15) is 5.82 Å². The minimum Gasteiger partial charge on any atom is -0.379 e. The van der Waals surface area contributed by atoms with Crippen molar-refractivity contribution in [2.75, 3.05) is 32.8 Å². The highest BCUT2D eigenvalue weighted by atomic mass is 32.1. The van der Waals surface area contributed by atoms with Crippen LogP contribution in [0.4, 0.5) is 4.39 Å². The van der Waals surface area contributed by atoms with Gasteiger partial charge in [0, 0.05) is 24.5 Å². The fourth-order valence-corrected chi connectivity index (χ4v) is 4.45. The van der Waals surface area contributed by atoms with Gasteiger partial charge in [-0.15, -0.1) is 11.3 Å². The fraction of sp³-hybridized carbons (Fsp3) is 0.476. The largest absolute Gasteiger partial charge is 0.379 e. The quantitative estimate of drug-likeness (QED) is 0.778. The summed E-state index contributed by atoms with van der Waals surface area (Å²) >= 11 is 1.55. The number of aryl methyl sites for hydroxylation is 2. The molecule has 2 aromatic rings. The molecule has 3 rings (SSSR count). The van der Waals surface area contributed by atoms with E-state index >= 15 is 0 Å². The smallest absolute Gasteiger partial charge is 0.261 e. The number of hydrogen-bond acceptors (Lipinski definition) is 4. The number of morpholine rings is 1. The van der Waals surface area contributed by atoms with E-state index < -0.39 is 0 Å². The first kappa shape index (κ1) is 20.0. The van der Waals surface area contributed by atoms with E-state index in [1.54, 1.807) is 23.5 Å². The molecule has 146 valence electrons. The Morgan fingerprint density at radius 1 is 1.30 bits per heavy atom. The highest BCUT2D eigenvalue weighted by Gasteiger charge is 2.24. The monoisotopic (exact) mass is 390 g/mol. The first-order chi connectivity index (χ1) is 13.1. The van der Waals surface area contributed by atoms with Crippen LogP contribution < -0.4 is 5.32 Å². The van der Waals surface area contributed by atoms with Crippen molar-refractivity contribution >= 4 is 17.2 Å². The van der Waals surface area contributed by atoms with Crippen molar-refractivity contribution in [1.82, 2.24) is 10.2 Å². The highest BCUT2D eigenvalue weighted by Crippen LogP contribution is 2.24. The summed E-state index contributed by atoms with van der Waals surface area (Å²) in [7, 11) is 0. The van der Waals surface area contributed by atoms with Gasteiger partial charge in [-0.05, 0) is 42.7 Å². The molecular formula is C21H27FN2O2S. The van der Waals surface area contributed by atoms with Gasteiger partial charge in [-0.25, -0.2) is 4.39 Å². The molecule has 1 unspecified atom stereocenters. The lowest BCUT2D eigenvalue weighted by Gasteiger charge is -2.34. The Morgan fingerprint density at radius 2 is 2.00 bits per heavy atom. The van der Waals surface area contributed by atoms with E-state index in [0.29, 0.717) is 19.8 Å². The van der Waals surface area contributed by atoms with Crippen LogP contribution >= 0.6 is 11.3 Å². The number of hydrogen-bond donors (Lipinski definition) is 1. The summed E-state index contributed by atoms with van der Waals surface area (Å²) in [5, 5.41) is 3.09. The molecule has 1 aliphatic heterocycles. The Bertz CT molecular complexity index is 754. The second-order valence-corrected chi connectivity index (χ2v) is 8.12. The third-order valence-electron chi connectivity index (χ3n) is 4.96. The van der Waals surface area contributed by atoms with Crippen LogP contribution in [0.15, 0.2) is 30.3 Å². The molecule has 1 fully saturated rings. The molecule has 0 bridgehead atoms. The molecule has 1 aromatic heterocycles. The van der Waals surface area contributed by atoms with Crippen molar-refractivity contribution in [1.29, 1.82) is 0 Å². The molecule has 0 aliphatic carbocycles. The van der Waals surface area contributed by atoms with Crippen LogP contribution in [-0.2, 0) is 11.2 Å². The molecule has 27 heavy (non-hydrogen) atoms. The average molecular weight is 391 g/mol. The van der Waals surface area contributed by atoms with Crippen molar-refractivity contribution in [3.63, 3.8) is 0 Å². The summed E-state index contributed by atoms with van der Waals surface area (Å²) in [6, 6.07) is 8.58. The Balaban J connectivity index is 1.70. The van der Waals surface area contributed by atoms with Crippen molar-refractivity contribution in [2.45, 2.75) is 32.7 Å². The summed E-state index contributed by atoms with van der Waals surface area (Å²) < 4.78 is 18.8. The minimum atomic E-state index is -0.249. The maximum Gasteiger partial charge on any atom is 0.261 e. The predicted octanol–water partition coefficient (Wildman–Crippen LogP) is 3.95. The van der Waals surface area contributed by atoms with Crippen LogP contribution in [0.25, 0.3) is 0 Å². The second-order valence-electron chi connectivity index (χ2n) is 6.87. The molecule has 4 nitrogen and oxygen atoms in total. The molecular weight excluding hydrogens is 363 g/mol. The Kier molecular flexibility index (Phi) is 6.99. The van der Waals surface area contributed by atoms with Crippen LogP contribution in [-0.4, -0.2) is 43.7 Å². The van der Waals surface area contributed by atoms with Crippen LogP contribution in [0.2, 0.25) is 0 Å². The normalized spacial score (nSPS) is 16.3. The molecule has 6 heteroatoms. The number of benzene rings is 1. The van der Waals surface area contributed by atoms with E-state index in [2.05, 4.69) is 24.1 Å². The van der Waals surface area contributed by atoms with Gasteiger partial charge >= 0.3 is 0 Å². The molecule has 0 spiro atoms. The first-order valence-electron chi connectivity index (χ1n) is 9.53. The lowest BCUT2D eigenvalue weighted by Crippen LogP contribution is -2.43. The van der Waals surface area contributed by atoms with Crippen LogP contribution in [0.3, 0.4) is 0 Å². The Hall–Kier alpha value is -1.76. The maximum absolute atomic E-state index is 13.3. The lowest BCUT2D eigenvalue weighted by atomic mass is 10.0. The summed E-state index contributed by atoms with van der Waals surface area (Å²) in [5.74, 6) is -0.285. The number of carbonyl (C=O) groups excluding carboxylic acids is 1. The summed E-state index contributed by atoms with van der Waals surface area (Å²) in [5.41, 5.74) is 2.27. The number of ether oxygens (including phenoxy) is 1. The SMILES string of the molecule is CCCc1cc(C(=O)NCC(c2ccc(F)cc2)N2CCOCC2)sc1C. The Morgan fingerprint density at radius 3 is 2.67 bits per heavy atom. The van der Waals surface area contributed by atoms with E-state index in [1.807, 2.05) is 6.07 Å². The van der Waals surface area contributed by atoms with E-state index in [4.69, 9.17) is 4.74 Å². The number of halogens is 1. The van der Waals surface area contributed by atoms with Crippen LogP contribution in [0.5, 0.6) is 0 Å².